The minimum Gasteiger partial charge on any atom is -0.494 e. The second kappa shape index (κ2) is 4.89. The molecule has 0 saturated heterocycles. The van der Waals surface area contributed by atoms with E-state index in [1.165, 1.54) is 22.2 Å². The lowest BCUT2D eigenvalue weighted by atomic mass is 9.83. The van der Waals surface area contributed by atoms with Gasteiger partial charge in [-0.3, -0.25) is 0 Å². The lowest BCUT2D eigenvalue weighted by Crippen LogP contribution is -2.28. The normalized spacial score (nSPS) is 12.1. The van der Waals surface area contributed by atoms with Crippen molar-refractivity contribution in [1.82, 2.24) is 4.57 Å². The van der Waals surface area contributed by atoms with E-state index in [1.807, 2.05) is 13.0 Å². The maximum Gasteiger partial charge on any atom is 0.120 e. The van der Waals surface area contributed by atoms with Crippen LogP contribution in [0.2, 0.25) is 0 Å². The van der Waals surface area contributed by atoms with E-state index in [0.29, 0.717) is 13.2 Å². The van der Waals surface area contributed by atoms with Crippen molar-refractivity contribution < 1.29 is 4.74 Å². The molecule has 1 heterocycles. The Hall–Kier alpha value is -1.48. The van der Waals surface area contributed by atoms with Crippen LogP contribution in [0.3, 0.4) is 0 Å². The van der Waals surface area contributed by atoms with Gasteiger partial charge in [-0.2, -0.15) is 0 Å². The zero-order chi connectivity index (χ0) is 14.2. The van der Waals surface area contributed by atoms with Gasteiger partial charge in [-0.05, 0) is 37.6 Å². The second-order valence-electron chi connectivity index (χ2n) is 5.72. The highest BCUT2D eigenvalue weighted by Crippen LogP contribution is 2.36. The molecule has 104 valence electrons. The van der Waals surface area contributed by atoms with Crippen LogP contribution in [0.4, 0.5) is 0 Å². The van der Waals surface area contributed by atoms with Gasteiger partial charge in [0.15, 0.2) is 0 Å². The van der Waals surface area contributed by atoms with E-state index >= 15 is 0 Å². The molecule has 0 saturated carbocycles. The third-order valence-electron chi connectivity index (χ3n) is 3.96. The van der Waals surface area contributed by atoms with Crippen molar-refractivity contribution in [3.63, 3.8) is 0 Å². The van der Waals surface area contributed by atoms with Crippen molar-refractivity contribution in [3.05, 3.63) is 29.5 Å². The zero-order valence-corrected chi connectivity index (χ0v) is 12.6. The maximum absolute atomic E-state index is 5.96. The first-order valence-corrected chi connectivity index (χ1v) is 6.84. The number of rotatable bonds is 4. The Morgan fingerprint density at radius 1 is 1.32 bits per heavy atom. The second-order valence-corrected chi connectivity index (χ2v) is 5.72. The highest BCUT2D eigenvalue weighted by atomic mass is 16.5. The summed E-state index contributed by atoms with van der Waals surface area (Å²) in [5.74, 6) is 0.926. The summed E-state index contributed by atoms with van der Waals surface area (Å²) < 4.78 is 7.86. The summed E-state index contributed by atoms with van der Waals surface area (Å²) in [7, 11) is 2.11. The van der Waals surface area contributed by atoms with E-state index in [0.717, 1.165) is 5.75 Å². The molecule has 0 amide bonds. The number of ether oxygens (including phenoxy) is 1. The zero-order valence-electron chi connectivity index (χ0n) is 12.6. The average molecular weight is 260 g/mol. The number of nitrogens with zero attached hydrogens (tertiary/aromatic N) is 1. The quantitative estimate of drug-likeness (QED) is 0.917. The number of aromatic nitrogens is 1. The Labute approximate surface area is 115 Å². The van der Waals surface area contributed by atoms with Crippen LogP contribution in [0, 0.1) is 6.92 Å². The lowest BCUT2D eigenvalue weighted by Gasteiger charge is -2.23. The Bertz CT molecular complexity index is 596. The first-order valence-electron chi connectivity index (χ1n) is 6.84. The van der Waals surface area contributed by atoms with Crippen molar-refractivity contribution in [3.8, 4) is 5.75 Å². The first kappa shape index (κ1) is 13.9. The first-order chi connectivity index (χ1) is 8.92. The molecule has 0 atom stereocenters. The SMILES string of the molecule is CCOc1ccc2c(c1)c(C(C)(C)CN)c(C)n2C. The standard InChI is InChI=1S/C16H24N2O/c1-6-19-12-7-8-14-13(9-12)15(11(2)18(14)5)16(3,4)10-17/h7-9H,6,10,17H2,1-5H3. The van der Waals surface area contributed by atoms with Gasteiger partial charge < -0.3 is 15.0 Å². The number of benzene rings is 1. The highest BCUT2D eigenvalue weighted by Gasteiger charge is 2.26. The summed E-state index contributed by atoms with van der Waals surface area (Å²) in [6.07, 6.45) is 0. The Balaban J connectivity index is 2.74. The van der Waals surface area contributed by atoms with Gasteiger partial charge in [0.05, 0.1) is 6.61 Å². The van der Waals surface area contributed by atoms with Crippen LogP contribution >= 0.6 is 0 Å². The van der Waals surface area contributed by atoms with Gasteiger partial charge in [0.25, 0.3) is 0 Å². The number of aryl methyl sites for hydroxylation is 1. The van der Waals surface area contributed by atoms with Gasteiger partial charge >= 0.3 is 0 Å². The molecule has 2 aromatic rings. The van der Waals surface area contributed by atoms with Crippen LogP contribution in [-0.2, 0) is 12.5 Å². The molecule has 3 heteroatoms. The fraction of sp³-hybridized carbons (Fsp3) is 0.500. The Morgan fingerprint density at radius 2 is 2.00 bits per heavy atom. The number of hydrogen-bond donors (Lipinski definition) is 1. The van der Waals surface area contributed by atoms with Crippen LogP contribution in [0.1, 0.15) is 32.0 Å². The van der Waals surface area contributed by atoms with E-state index in [2.05, 4.69) is 44.5 Å². The monoisotopic (exact) mass is 260 g/mol. The van der Waals surface area contributed by atoms with Gasteiger partial charge in [-0.15, -0.1) is 0 Å². The number of nitrogens with two attached hydrogens (primary N) is 1. The fourth-order valence-electron chi connectivity index (χ4n) is 2.76. The molecule has 19 heavy (non-hydrogen) atoms. The average Bonchev–Trinajstić information content (AvgIpc) is 2.62. The third-order valence-corrected chi connectivity index (χ3v) is 3.96. The van der Waals surface area contributed by atoms with Crippen LogP contribution in [0.15, 0.2) is 18.2 Å². The summed E-state index contributed by atoms with van der Waals surface area (Å²) >= 11 is 0. The molecule has 2 rings (SSSR count). The molecular weight excluding hydrogens is 236 g/mol. The minimum atomic E-state index is -0.0333. The summed E-state index contributed by atoms with van der Waals surface area (Å²) in [5, 5.41) is 1.25. The van der Waals surface area contributed by atoms with Crippen molar-refractivity contribution in [2.75, 3.05) is 13.2 Å². The molecule has 0 bridgehead atoms. The molecule has 0 radical (unpaired) electrons. The molecule has 0 fully saturated rings. The predicted molar refractivity (Wildman–Crippen MR) is 80.9 cm³/mol. The van der Waals surface area contributed by atoms with E-state index in [-0.39, 0.29) is 5.41 Å². The molecule has 0 aliphatic rings. The minimum absolute atomic E-state index is 0.0333. The molecule has 0 unspecified atom stereocenters. The molecule has 0 spiro atoms. The van der Waals surface area contributed by atoms with Gasteiger partial charge in [0.2, 0.25) is 0 Å². The van der Waals surface area contributed by atoms with Crippen molar-refractivity contribution >= 4 is 10.9 Å². The van der Waals surface area contributed by atoms with Gasteiger partial charge in [0.1, 0.15) is 5.75 Å². The van der Waals surface area contributed by atoms with Crippen LogP contribution in [-0.4, -0.2) is 17.7 Å². The maximum atomic E-state index is 5.96. The molecule has 0 aliphatic carbocycles. The van der Waals surface area contributed by atoms with Crippen molar-refractivity contribution in [2.45, 2.75) is 33.1 Å². The molecular formula is C16H24N2O. The number of fused-ring (bicyclic) bond motifs is 1. The predicted octanol–water partition coefficient (Wildman–Crippen LogP) is 3.12. The Kier molecular flexibility index (Phi) is 3.59. The van der Waals surface area contributed by atoms with Gasteiger partial charge in [0, 0.05) is 35.6 Å². The summed E-state index contributed by atoms with van der Waals surface area (Å²) in [6.45, 7) is 9.88. The smallest absolute Gasteiger partial charge is 0.120 e. The summed E-state index contributed by atoms with van der Waals surface area (Å²) in [6, 6.07) is 6.30. The van der Waals surface area contributed by atoms with E-state index in [9.17, 15) is 0 Å². The molecule has 1 aromatic heterocycles. The van der Waals surface area contributed by atoms with Gasteiger partial charge in [-0.1, -0.05) is 13.8 Å². The summed E-state index contributed by atoms with van der Waals surface area (Å²) in [5.41, 5.74) is 9.77. The molecule has 3 nitrogen and oxygen atoms in total. The van der Waals surface area contributed by atoms with Crippen LogP contribution in [0.5, 0.6) is 5.75 Å². The largest absolute Gasteiger partial charge is 0.494 e. The Morgan fingerprint density at radius 3 is 2.58 bits per heavy atom. The lowest BCUT2D eigenvalue weighted by molar-refractivity contribution is 0.340. The topological polar surface area (TPSA) is 40.2 Å². The molecule has 2 N–H and O–H groups in total. The van der Waals surface area contributed by atoms with E-state index in [4.69, 9.17) is 10.5 Å². The fourth-order valence-corrected chi connectivity index (χ4v) is 2.76. The van der Waals surface area contributed by atoms with Crippen LogP contribution < -0.4 is 10.5 Å². The third kappa shape index (κ3) is 2.23. The van der Waals surface area contributed by atoms with Crippen molar-refractivity contribution in [1.29, 1.82) is 0 Å². The molecule has 1 aromatic carbocycles. The van der Waals surface area contributed by atoms with Gasteiger partial charge in [-0.25, -0.2) is 0 Å². The van der Waals surface area contributed by atoms with E-state index < -0.39 is 0 Å². The number of hydrogen-bond acceptors (Lipinski definition) is 2. The molecule has 0 aliphatic heterocycles. The van der Waals surface area contributed by atoms with Crippen LogP contribution in [0.25, 0.3) is 10.9 Å². The van der Waals surface area contributed by atoms with E-state index in [1.54, 1.807) is 0 Å². The van der Waals surface area contributed by atoms with Crippen molar-refractivity contribution in [2.24, 2.45) is 12.8 Å². The highest BCUT2D eigenvalue weighted by molar-refractivity contribution is 5.88. The summed E-state index contributed by atoms with van der Waals surface area (Å²) in [4.78, 5) is 0.